The number of nitrogens with zero attached hydrogens (tertiary/aromatic N) is 1. The lowest BCUT2D eigenvalue weighted by molar-refractivity contribution is 0.0363. The smallest absolute Gasteiger partial charge is 0.243 e. The Labute approximate surface area is 166 Å². The van der Waals surface area contributed by atoms with E-state index >= 15 is 0 Å². The van der Waals surface area contributed by atoms with Crippen molar-refractivity contribution in [1.29, 1.82) is 0 Å². The van der Waals surface area contributed by atoms with Crippen LogP contribution in [0.15, 0.2) is 89.8 Å². The maximum absolute atomic E-state index is 13.3. The van der Waals surface area contributed by atoms with Gasteiger partial charge in [0.05, 0.1) is 4.90 Å². The van der Waals surface area contributed by atoms with Gasteiger partial charge in [0.1, 0.15) is 5.60 Å². The standard InChI is InChI=1S/C23H23NO3S/c1-18-12-14-21(15-13-18)28(26,27)24-16-22(19-8-4-2-5-9-19)23(25,17-24)20-10-6-3-7-11-20/h2-15,22,25H,16-17H2,1H3/t22-,23+/m1/s1. The van der Waals surface area contributed by atoms with Gasteiger partial charge < -0.3 is 5.11 Å². The average Bonchev–Trinajstić information content (AvgIpc) is 3.09. The summed E-state index contributed by atoms with van der Waals surface area (Å²) in [6, 6.07) is 25.8. The highest BCUT2D eigenvalue weighted by molar-refractivity contribution is 7.89. The van der Waals surface area contributed by atoms with E-state index in [4.69, 9.17) is 0 Å². The molecule has 0 bridgehead atoms. The van der Waals surface area contributed by atoms with Crippen LogP contribution in [0, 0.1) is 6.92 Å². The molecule has 3 aromatic rings. The van der Waals surface area contributed by atoms with Gasteiger partial charge in [0.15, 0.2) is 0 Å². The second-order valence-electron chi connectivity index (χ2n) is 7.36. The molecule has 1 N–H and O–H groups in total. The highest BCUT2D eigenvalue weighted by Crippen LogP contribution is 2.44. The molecule has 0 saturated carbocycles. The van der Waals surface area contributed by atoms with Crippen molar-refractivity contribution in [2.45, 2.75) is 23.3 Å². The predicted molar refractivity (Wildman–Crippen MR) is 109 cm³/mol. The van der Waals surface area contributed by atoms with Gasteiger partial charge in [-0.1, -0.05) is 78.4 Å². The second-order valence-corrected chi connectivity index (χ2v) is 9.30. The molecule has 0 aliphatic carbocycles. The van der Waals surface area contributed by atoms with Crippen LogP contribution >= 0.6 is 0 Å². The molecular weight excluding hydrogens is 370 g/mol. The number of rotatable bonds is 4. The van der Waals surface area contributed by atoms with E-state index in [1.807, 2.05) is 67.6 Å². The fourth-order valence-electron chi connectivity index (χ4n) is 3.93. The zero-order chi connectivity index (χ0) is 19.8. The highest BCUT2D eigenvalue weighted by Gasteiger charge is 2.50. The van der Waals surface area contributed by atoms with Crippen molar-refractivity contribution in [1.82, 2.24) is 4.31 Å². The van der Waals surface area contributed by atoms with Crippen molar-refractivity contribution in [2.75, 3.05) is 13.1 Å². The summed E-state index contributed by atoms with van der Waals surface area (Å²) in [6.07, 6.45) is 0. The molecule has 28 heavy (non-hydrogen) atoms. The molecule has 3 aromatic carbocycles. The number of aryl methyl sites for hydroxylation is 1. The third-order valence-electron chi connectivity index (χ3n) is 5.51. The van der Waals surface area contributed by atoms with Crippen molar-refractivity contribution in [3.8, 4) is 0 Å². The Morgan fingerprint density at radius 1 is 0.893 bits per heavy atom. The maximum atomic E-state index is 13.3. The SMILES string of the molecule is Cc1ccc(S(=O)(=O)N2C[C@H](c3ccccc3)[C@@](O)(c3ccccc3)C2)cc1. The summed E-state index contributed by atoms with van der Waals surface area (Å²) in [7, 11) is -3.70. The molecule has 0 aromatic heterocycles. The number of β-amino-alcohol motifs (C(OH)–C–C–N with tert-alkyl or cyclic N) is 1. The molecular formula is C23H23NO3S. The largest absolute Gasteiger partial charge is 0.383 e. The first-order valence-corrected chi connectivity index (χ1v) is 10.7. The monoisotopic (exact) mass is 393 g/mol. The van der Waals surface area contributed by atoms with Crippen LogP contribution < -0.4 is 0 Å². The summed E-state index contributed by atoms with van der Waals surface area (Å²) in [5.41, 5.74) is 1.37. The lowest BCUT2D eigenvalue weighted by atomic mass is 9.80. The minimum absolute atomic E-state index is 0.0206. The summed E-state index contributed by atoms with van der Waals surface area (Å²) in [4.78, 5) is 0.252. The van der Waals surface area contributed by atoms with E-state index in [1.165, 1.54) is 4.31 Å². The Morgan fingerprint density at radius 2 is 1.46 bits per heavy atom. The van der Waals surface area contributed by atoms with Crippen LogP contribution in [0.1, 0.15) is 22.6 Å². The molecule has 1 fully saturated rings. The minimum Gasteiger partial charge on any atom is -0.383 e. The molecule has 2 atom stereocenters. The summed E-state index contributed by atoms with van der Waals surface area (Å²) in [6.45, 7) is 2.17. The summed E-state index contributed by atoms with van der Waals surface area (Å²) < 4.78 is 27.9. The number of hydrogen-bond donors (Lipinski definition) is 1. The van der Waals surface area contributed by atoms with Gasteiger partial charge in [-0.3, -0.25) is 0 Å². The molecule has 144 valence electrons. The van der Waals surface area contributed by atoms with E-state index in [1.54, 1.807) is 24.3 Å². The van der Waals surface area contributed by atoms with Crippen LogP contribution in [0.25, 0.3) is 0 Å². The number of aliphatic hydroxyl groups is 1. The van der Waals surface area contributed by atoms with Crippen molar-refractivity contribution >= 4 is 10.0 Å². The fraction of sp³-hybridized carbons (Fsp3) is 0.217. The van der Waals surface area contributed by atoms with Crippen LogP contribution in [0.4, 0.5) is 0 Å². The number of benzene rings is 3. The lowest BCUT2D eigenvalue weighted by Gasteiger charge is -2.30. The molecule has 1 aliphatic heterocycles. The van der Waals surface area contributed by atoms with Gasteiger partial charge in [-0.25, -0.2) is 8.42 Å². The quantitative estimate of drug-likeness (QED) is 0.736. The van der Waals surface area contributed by atoms with Crippen molar-refractivity contribution in [3.05, 3.63) is 102 Å². The van der Waals surface area contributed by atoms with E-state index < -0.39 is 15.6 Å². The number of hydrogen-bond acceptors (Lipinski definition) is 3. The molecule has 1 aliphatic rings. The van der Waals surface area contributed by atoms with E-state index in [9.17, 15) is 13.5 Å². The van der Waals surface area contributed by atoms with Gasteiger partial charge >= 0.3 is 0 Å². The van der Waals surface area contributed by atoms with E-state index in [-0.39, 0.29) is 23.9 Å². The predicted octanol–water partition coefficient (Wildman–Crippen LogP) is 3.67. The zero-order valence-electron chi connectivity index (χ0n) is 15.7. The van der Waals surface area contributed by atoms with E-state index in [0.29, 0.717) is 0 Å². The van der Waals surface area contributed by atoms with E-state index in [2.05, 4.69) is 0 Å². The van der Waals surface area contributed by atoms with Crippen LogP contribution in [0.2, 0.25) is 0 Å². The molecule has 4 nitrogen and oxygen atoms in total. The molecule has 1 saturated heterocycles. The molecule has 0 amide bonds. The molecule has 0 spiro atoms. The normalized spacial score (nSPS) is 23.0. The lowest BCUT2D eigenvalue weighted by Crippen LogP contribution is -2.36. The second kappa shape index (κ2) is 7.17. The van der Waals surface area contributed by atoms with Crippen LogP contribution in [-0.2, 0) is 15.6 Å². The minimum atomic E-state index is -3.70. The Kier molecular flexibility index (Phi) is 4.83. The first kappa shape index (κ1) is 18.9. The van der Waals surface area contributed by atoms with Gasteiger partial charge in [-0.15, -0.1) is 0 Å². The highest BCUT2D eigenvalue weighted by atomic mass is 32.2. The van der Waals surface area contributed by atoms with Crippen molar-refractivity contribution < 1.29 is 13.5 Å². The van der Waals surface area contributed by atoms with Gasteiger partial charge in [0, 0.05) is 19.0 Å². The van der Waals surface area contributed by atoms with Crippen LogP contribution in [0.3, 0.4) is 0 Å². The van der Waals surface area contributed by atoms with Crippen LogP contribution in [0.5, 0.6) is 0 Å². The molecule has 0 radical (unpaired) electrons. The topological polar surface area (TPSA) is 57.6 Å². The van der Waals surface area contributed by atoms with Gasteiger partial charge in [0.2, 0.25) is 10.0 Å². The Balaban J connectivity index is 1.77. The van der Waals surface area contributed by atoms with Gasteiger partial charge in [0.25, 0.3) is 0 Å². The third kappa shape index (κ3) is 3.26. The van der Waals surface area contributed by atoms with Crippen molar-refractivity contribution in [2.24, 2.45) is 0 Å². The van der Waals surface area contributed by atoms with Crippen LogP contribution in [-0.4, -0.2) is 30.9 Å². The zero-order valence-corrected chi connectivity index (χ0v) is 16.5. The Morgan fingerprint density at radius 3 is 2.07 bits per heavy atom. The first-order chi connectivity index (χ1) is 13.4. The van der Waals surface area contributed by atoms with Gasteiger partial charge in [-0.2, -0.15) is 4.31 Å². The summed E-state index contributed by atoms with van der Waals surface area (Å²) in [5.74, 6) is -0.351. The van der Waals surface area contributed by atoms with Gasteiger partial charge in [-0.05, 0) is 30.2 Å². The molecule has 4 rings (SSSR count). The summed E-state index contributed by atoms with van der Waals surface area (Å²) >= 11 is 0. The van der Waals surface area contributed by atoms with Crippen molar-refractivity contribution in [3.63, 3.8) is 0 Å². The fourth-order valence-corrected chi connectivity index (χ4v) is 5.42. The molecule has 5 heteroatoms. The maximum Gasteiger partial charge on any atom is 0.243 e. The van der Waals surface area contributed by atoms with E-state index in [0.717, 1.165) is 16.7 Å². The Bertz CT molecular complexity index is 1050. The molecule has 0 unspecified atom stereocenters. The third-order valence-corrected chi connectivity index (χ3v) is 7.34. The molecule has 1 heterocycles. The first-order valence-electron chi connectivity index (χ1n) is 9.31. The Hall–Kier alpha value is -2.47. The average molecular weight is 394 g/mol. The number of sulfonamides is 1. The summed E-state index contributed by atoms with van der Waals surface area (Å²) in [5, 5.41) is 11.7.